The van der Waals surface area contributed by atoms with Crippen LogP contribution in [0.25, 0.3) is 0 Å². The maximum Gasteiger partial charge on any atom is 0.337 e. The monoisotopic (exact) mass is 233 g/mol. The Hall–Kier alpha value is -1.51. The second kappa shape index (κ2) is 3.49. The summed E-state index contributed by atoms with van der Waals surface area (Å²) in [5, 5.41) is 12.5. The maximum atomic E-state index is 11.1. The topological polar surface area (TPSA) is 49.3 Å². The molecule has 0 bridgehead atoms. The van der Waals surface area contributed by atoms with Crippen LogP contribution in [-0.2, 0) is 0 Å². The summed E-state index contributed by atoms with van der Waals surface area (Å²) >= 11 is 0. The third-order valence-corrected chi connectivity index (χ3v) is 4.48. The van der Waals surface area contributed by atoms with Crippen LogP contribution >= 0.6 is 0 Å². The van der Waals surface area contributed by atoms with E-state index in [2.05, 4.69) is 33.0 Å². The minimum absolute atomic E-state index is 0.193. The highest BCUT2D eigenvalue weighted by Crippen LogP contribution is 2.63. The summed E-state index contributed by atoms with van der Waals surface area (Å²) in [5.74, 6) is -0.885. The Morgan fingerprint density at radius 3 is 2.18 bits per heavy atom. The molecule has 0 atom stereocenters. The predicted molar refractivity (Wildman–Crippen MR) is 68.4 cm³/mol. The van der Waals surface area contributed by atoms with Crippen molar-refractivity contribution in [2.75, 3.05) is 5.32 Å². The molecule has 2 rings (SSSR count). The van der Waals surface area contributed by atoms with Crippen LogP contribution in [0.1, 0.15) is 38.1 Å². The first-order valence-electron chi connectivity index (χ1n) is 5.87. The summed E-state index contributed by atoms with van der Waals surface area (Å²) in [6, 6.07) is 7.38. The maximum absolute atomic E-state index is 11.1. The molecule has 3 nitrogen and oxygen atoms in total. The summed E-state index contributed by atoms with van der Waals surface area (Å²) in [5.41, 5.74) is 1.44. The fourth-order valence-corrected chi connectivity index (χ4v) is 2.51. The summed E-state index contributed by atoms with van der Waals surface area (Å²) in [6.07, 6.45) is 0. The van der Waals surface area contributed by atoms with Gasteiger partial charge in [-0.05, 0) is 23.0 Å². The molecule has 1 aromatic carbocycles. The zero-order valence-electron chi connectivity index (χ0n) is 10.7. The van der Waals surface area contributed by atoms with Crippen LogP contribution in [0.5, 0.6) is 0 Å². The predicted octanol–water partition coefficient (Wildman–Crippen LogP) is 3.23. The number of carbonyl (C=O) groups is 1. The second-order valence-electron chi connectivity index (χ2n) is 5.87. The molecule has 1 aromatic rings. The zero-order chi connectivity index (χ0) is 12.8. The van der Waals surface area contributed by atoms with Gasteiger partial charge in [-0.3, -0.25) is 0 Å². The van der Waals surface area contributed by atoms with Gasteiger partial charge in [0.2, 0.25) is 0 Å². The number of carboxylic acid groups (broad SMARTS) is 1. The SMILES string of the molecule is CC1(C)C(Nc2ccccc2C(=O)O)C1(C)C. The van der Waals surface area contributed by atoms with Gasteiger partial charge < -0.3 is 10.4 Å². The molecule has 0 aromatic heterocycles. The van der Waals surface area contributed by atoms with Gasteiger partial charge in [0, 0.05) is 11.7 Å². The minimum Gasteiger partial charge on any atom is -0.478 e. The van der Waals surface area contributed by atoms with E-state index >= 15 is 0 Å². The summed E-state index contributed by atoms with van der Waals surface area (Å²) < 4.78 is 0. The van der Waals surface area contributed by atoms with E-state index in [9.17, 15) is 4.79 Å². The van der Waals surface area contributed by atoms with Crippen molar-refractivity contribution in [1.29, 1.82) is 0 Å². The third-order valence-electron chi connectivity index (χ3n) is 4.48. The molecule has 0 saturated heterocycles. The molecule has 0 unspecified atom stereocenters. The van der Waals surface area contributed by atoms with Crippen LogP contribution in [0.2, 0.25) is 0 Å². The lowest BCUT2D eigenvalue weighted by Gasteiger charge is -2.11. The van der Waals surface area contributed by atoms with Crippen LogP contribution in [0.4, 0.5) is 5.69 Å². The van der Waals surface area contributed by atoms with E-state index in [0.29, 0.717) is 17.3 Å². The van der Waals surface area contributed by atoms with Crippen LogP contribution < -0.4 is 5.32 Å². The largest absolute Gasteiger partial charge is 0.478 e. The van der Waals surface area contributed by atoms with Gasteiger partial charge in [0.05, 0.1) is 5.56 Å². The lowest BCUT2D eigenvalue weighted by atomic mass is 10.0. The highest BCUT2D eigenvalue weighted by Gasteiger charge is 2.65. The average molecular weight is 233 g/mol. The lowest BCUT2D eigenvalue weighted by molar-refractivity contribution is 0.0698. The van der Waals surface area contributed by atoms with Crippen LogP contribution in [0.3, 0.4) is 0 Å². The number of nitrogens with one attached hydrogen (secondary N) is 1. The van der Waals surface area contributed by atoms with Crippen molar-refractivity contribution < 1.29 is 9.90 Å². The third kappa shape index (κ3) is 1.70. The molecule has 17 heavy (non-hydrogen) atoms. The van der Waals surface area contributed by atoms with Crippen molar-refractivity contribution >= 4 is 11.7 Å². The molecule has 0 radical (unpaired) electrons. The van der Waals surface area contributed by atoms with Crippen molar-refractivity contribution in [3.05, 3.63) is 29.8 Å². The number of para-hydroxylation sites is 1. The van der Waals surface area contributed by atoms with Gasteiger partial charge in [0.25, 0.3) is 0 Å². The highest BCUT2D eigenvalue weighted by atomic mass is 16.4. The molecule has 1 fully saturated rings. The molecule has 0 amide bonds. The molecule has 0 aliphatic heterocycles. The molecule has 1 aliphatic carbocycles. The van der Waals surface area contributed by atoms with Gasteiger partial charge in [-0.1, -0.05) is 39.8 Å². The van der Waals surface area contributed by atoms with E-state index in [4.69, 9.17) is 5.11 Å². The first kappa shape index (κ1) is 12.0. The summed E-state index contributed by atoms with van der Waals surface area (Å²) in [7, 11) is 0. The van der Waals surface area contributed by atoms with Crippen molar-refractivity contribution in [3.8, 4) is 0 Å². The summed E-state index contributed by atoms with van der Waals surface area (Å²) in [6.45, 7) is 8.81. The number of hydrogen-bond donors (Lipinski definition) is 2. The first-order valence-corrected chi connectivity index (χ1v) is 5.87. The molecule has 3 heteroatoms. The molecular formula is C14H19NO2. The zero-order valence-corrected chi connectivity index (χ0v) is 10.7. The Morgan fingerprint density at radius 2 is 1.71 bits per heavy atom. The number of rotatable bonds is 3. The molecular weight excluding hydrogens is 214 g/mol. The van der Waals surface area contributed by atoms with E-state index in [1.54, 1.807) is 12.1 Å². The van der Waals surface area contributed by atoms with Gasteiger partial charge in [-0.25, -0.2) is 4.79 Å². The Kier molecular flexibility index (Phi) is 2.45. The van der Waals surface area contributed by atoms with Crippen molar-refractivity contribution in [3.63, 3.8) is 0 Å². The van der Waals surface area contributed by atoms with E-state index in [-0.39, 0.29) is 10.8 Å². The van der Waals surface area contributed by atoms with Crippen molar-refractivity contribution in [2.24, 2.45) is 10.8 Å². The number of carboxylic acids is 1. The van der Waals surface area contributed by atoms with E-state index < -0.39 is 5.97 Å². The molecule has 1 aliphatic rings. The van der Waals surface area contributed by atoms with Crippen molar-refractivity contribution in [1.82, 2.24) is 0 Å². The Labute approximate surface area is 102 Å². The average Bonchev–Trinajstić information content (AvgIpc) is 2.61. The van der Waals surface area contributed by atoms with Gasteiger partial charge in [-0.15, -0.1) is 0 Å². The fraction of sp³-hybridized carbons (Fsp3) is 0.500. The van der Waals surface area contributed by atoms with Crippen LogP contribution in [0.15, 0.2) is 24.3 Å². The Morgan fingerprint density at radius 1 is 1.18 bits per heavy atom. The smallest absolute Gasteiger partial charge is 0.337 e. The van der Waals surface area contributed by atoms with E-state index in [1.165, 1.54) is 0 Å². The van der Waals surface area contributed by atoms with Gasteiger partial charge in [0.15, 0.2) is 0 Å². The Balaban J connectivity index is 2.25. The molecule has 2 N–H and O–H groups in total. The quantitative estimate of drug-likeness (QED) is 0.842. The number of aromatic carboxylic acids is 1. The molecule has 1 saturated carbocycles. The number of hydrogen-bond acceptors (Lipinski definition) is 2. The lowest BCUT2D eigenvalue weighted by Crippen LogP contribution is -2.13. The van der Waals surface area contributed by atoms with Crippen molar-refractivity contribution in [2.45, 2.75) is 33.7 Å². The van der Waals surface area contributed by atoms with Gasteiger partial charge in [-0.2, -0.15) is 0 Å². The van der Waals surface area contributed by atoms with Gasteiger partial charge >= 0.3 is 5.97 Å². The summed E-state index contributed by atoms with van der Waals surface area (Å²) in [4.78, 5) is 11.1. The molecule has 0 spiro atoms. The molecule has 92 valence electrons. The standard InChI is InChI=1S/C14H19NO2/c1-13(2)12(14(13,3)4)15-10-8-6-5-7-9(10)11(16)17/h5-8,12,15H,1-4H3,(H,16,17). The Bertz CT molecular complexity index is 449. The van der Waals surface area contributed by atoms with E-state index in [1.807, 2.05) is 12.1 Å². The second-order valence-corrected chi connectivity index (χ2v) is 5.87. The first-order chi connectivity index (χ1) is 7.78. The minimum atomic E-state index is -0.885. The van der Waals surface area contributed by atoms with Crippen LogP contribution in [0, 0.1) is 10.8 Å². The fourth-order valence-electron chi connectivity index (χ4n) is 2.51. The van der Waals surface area contributed by atoms with Crippen LogP contribution in [-0.4, -0.2) is 17.1 Å². The number of benzene rings is 1. The number of anilines is 1. The van der Waals surface area contributed by atoms with E-state index in [0.717, 1.165) is 0 Å². The molecule has 0 heterocycles. The highest BCUT2D eigenvalue weighted by molar-refractivity contribution is 5.94. The van der Waals surface area contributed by atoms with Gasteiger partial charge in [0.1, 0.15) is 0 Å². The normalized spacial score (nSPS) is 20.9.